The normalized spacial score (nSPS) is 21.1. The Hall–Kier alpha value is -2.89. The minimum Gasteiger partial charge on any atom is -0.351 e. The van der Waals surface area contributed by atoms with Crippen LogP contribution in [0.4, 0.5) is 5.69 Å². The molecule has 2 atom stereocenters. The third kappa shape index (κ3) is 3.35. The van der Waals surface area contributed by atoms with Crippen LogP contribution >= 0.6 is 11.8 Å². The smallest absolute Gasteiger partial charge is 0.320 e. The number of fused-ring (bicyclic) bond motifs is 1. The van der Waals surface area contributed by atoms with Crippen molar-refractivity contribution in [1.82, 2.24) is 25.3 Å². The Labute approximate surface area is 164 Å². The second-order valence-corrected chi connectivity index (χ2v) is 7.64. The second-order valence-electron chi connectivity index (χ2n) is 6.54. The number of aryl methyl sites for hydroxylation is 1. The van der Waals surface area contributed by atoms with Gasteiger partial charge in [-0.15, -0.1) is 11.8 Å². The van der Waals surface area contributed by atoms with Crippen LogP contribution in [0.1, 0.15) is 30.8 Å². The van der Waals surface area contributed by atoms with E-state index < -0.39 is 33.8 Å². The van der Waals surface area contributed by atoms with Gasteiger partial charge in [0, 0.05) is 19.3 Å². The van der Waals surface area contributed by atoms with Gasteiger partial charge in [-0.3, -0.25) is 34.1 Å². The molecule has 2 aliphatic heterocycles. The molecule has 3 amide bonds. The summed E-state index contributed by atoms with van der Waals surface area (Å²) in [6, 6.07) is -0.874. The first-order chi connectivity index (χ1) is 13.3. The molecule has 0 saturated carbocycles. The van der Waals surface area contributed by atoms with Crippen molar-refractivity contribution in [2.75, 3.05) is 12.3 Å². The molecule has 3 rings (SSSR count). The first kappa shape index (κ1) is 19.9. The molecule has 0 spiro atoms. The molecule has 150 valence electrons. The molecule has 28 heavy (non-hydrogen) atoms. The fourth-order valence-corrected chi connectivity index (χ4v) is 4.39. The van der Waals surface area contributed by atoms with Gasteiger partial charge >= 0.3 is 5.69 Å². The van der Waals surface area contributed by atoms with Gasteiger partial charge in [-0.05, 0) is 18.9 Å². The predicted octanol–water partition coefficient (Wildman–Crippen LogP) is 0.142. The van der Waals surface area contributed by atoms with E-state index >= 15 is 0 Å². The van der Waals surface area contributed by atoms with Crippen LogP contribution in [0.5, 0.6) is 0 Å². The van der Waals surface area contributed by atoms with Crippen molar-refractivity contribution in [1.29, 1.82) is 0 Å². The monoisotopic (exact) mass is 408 g/mol. The number of hydrogen-bond donors (Lipinski definition) is 2. The van der Waals surface area contributed by atoms with Gasteiger partial charge in [0.15, 0.2) is 0 Å². The van der Waals surface area contributed by atoms with E-state index in [0.717, 1.165) is 18.2 Å². The summed E-state index contributed by atoms with van der Waals surface area (Å²) in [6.45, 7) is 4.22. The zero-order valence-electron chi connectivity index (χ0n) is 15.6. The van der Waals surface area contributed by atoms with Crippen molar-refractivity contribution < 1.29 is 19.3 Å². The maximum Gasteiger partial charge on any atom is 0.320 e. The summed E-state index contributed by atoms with van der Waals surface area (Å²) in [7, 11) is 1.46. The molecule has 11 nitrogen and oxygen atoms in total. The number of β-lactam (4-membered cyclic amide) rings is 1. The number of hydrogen-bond acceptors (Lipinski definition) is 7. The molecule has 1 saturated heterocycles. The summed E-state index contributed by atoms with van der Waals surface area (Å²) < 4.78 is 1.17. The molecule has 2 N–H and O–H groups in total. The molecule has 0 aromatic carbocycles. The molecule has 3 heterocycles. The number of carbonyl (C=O) groups is 3. The highest BCUT2D eigenvalue weighted by molar-refractivity contribution is 8.00. The van der Waals surface area contributed by atoms with E-state index in [1.165, 1.54) is 28.4 Å². The minimum atomic E-state index is -0.874. The Kier molecular flexibility index (Phi) is 5.40. The highest BCUT2D eigenvalue weighted by atomic mass is 32.2. The standard InChI is InChI=1S/C16H20N6O5S/c1-4-5-17-14(24)12-8(2)7-28-16-11(15(25)21(12)16)18-13(23)10-9(22(26)27)6-20(3)19-10/h6,11,16H,4-5,7H2,1-3H3,(H,17,24)(H,18,23)/t11-,16-/m0/s1. The Balaban J connectivity index is 1.76. The Morgan fingerprint density at radius 2 is 2.14 bits per heavy atom. The van der Waals surface area contributed by atoms with Crippen molar-refractivity contribution in [3.8, 4) is 0 Å². The minimum absolute atomic E-state index is 0.316. The van der Waals surface area contributed by atoms with E-state index in [9.17, 15) is 24.5 Å². The fourth-order valence-electron chi connectivity index (χ4n) is 3.10. The van der Waals surface area contributed by atoms with Crippen LogP contribution in [0.3, 0.4) is 0 Å². The first-order valence-electron chi connectivity index (χ1n) is 8.67. The van der Waals surface area contributed by atoms with Crippen LogP contribution in [-0.2, 0) is 16.6 Å². The number of rotatable bonds is 6. The summed E-state index contributed by atoms with van der Waals surface area (Å²) in [4.78, 5) is 49.3. The molecule has 1 aromatic heterocycles. The van der Waals surface area contributed by atoms with Crippen molar-refractivity contribution >= 4 is 35.2 Å². The summed E-state index contributed by atoms with van der Waals surface area (Å²) in [5.74, 6) is -0.998. The number of nitro groups is 1. The lowest BCUT2D eigenvalue weighted by atomic mass is 10.0. The molecule has 1 aromatic rings. The Morgan fingerprint density at radius 1 is 1.43 bits per heavy atom. The molecular weight excluding hydrogens is 388 g/mol. The molecule has 1 fully saturated rings. The van der Waals surface area contributed by atoms with Crippen LogP contribution < -0.4 is 10.6 Å². The van der Waals surface area contributed by atoms with Crippen molar-refractivity contribution in [2.45, 2.75) is 31.7 Å². The number of nitrogens with one attached hydrogen (secondary N) is 2. The number of nitrogens with zero attached hydrogens (tertiary/aromatic N) is 4. The molecule has 0 aliphatic carbocycles. The van der Waals surface area contributed by atoms with Gasteiger partial charge in [-0.1, -0.05) is 6.92 Å². The predicted molar refractivity (Wildman–Crippen MR) is 100 cm³/mol. The van der Waals surface area contributed by atoms with Gasteiger partial charge < -0.3 is 10.6 Å². The average molecular weight is 408 g/mol. The van der Waals surface area contributed by atoms with Crippen LogP contribution in [-0.4, -0.2) is 61.0 Å². The van der Waals surface area contributed by atoms with E-state index in [2.05, 4.69) is 15.7 Å². The maximum atomic E-state index is 12.6. The van der Waals surface area contributed by atoms with E-state index in [1.807, 2.05) is 6.92 Å². The zero-order chi connectivity index (χ0) is 20.6. The number of aromatic nitrogens is 2. The maximum absolute atomic E-state index is 12.6. The highest BCUT2D eigenvalue weighted by Gasteiger charge is 2.54. The van der Waals surface area contributed by atoms with Gasteiger partial charge in [-0.25, -0.2) is 0 Å². The lowest BCUT2D eigenvalue weighted by Crippen LogP contribution is -2.71. The number of thioether (sulfide) groups is 1. The van der Waals surface area contributed by atoms with Crippen LogP contribution in [0.25, 0.3) is 0 Å². The van der Waals surface area contributed by atoms with Crippen molar-refractivity contribution in [2.24, 2.45) is 7.05 Å². The lowest BCUT2D eigenvalue weighted by Gasteiger charge is -2.49. The van der Waals surface area contributed by atoms with Crippen molar-refractivity contribution in [3.63, 3.8) is 0 Å². The fraction of sp³-hybridized carbons (Fsp3) is 0.500. The zero-order valence-corrected chi connectivity index (χ0v) is 16.4. The Morgan fingerprint density at radius 3 is 2.79 bits per heavy atom. The topological polar surface area (TPSA) is 139 Å². The van der Waals surface area contributed by atoms with Crippen molar-refractivity contribution in [3.05, 3.63) is 33.3 Å². The molecule has 2 aliphatic rings. The van der Waals surface area contributed by atoms with E-state index in [0.29, 0.717) is 18.0 Å². The van der Waals surface area contributed by atoms with Gasteiger partial charge in [0.2, 0.25) is 5.69 Å². The first-order valence-corrected chi connectivity index (χ1v) is 9.72. The number of amides is 3. The third-order valence-corrected chi connectivity index (χ3v) is 5.84. The van der Waals surface area contributed by atoms with Gasteiger partial charge in [0.25, 0.3) is 17.7 Å². The van der Waals surface area contributed by atoms with Crippen LogP contribution in [0, 0.1) is 10.1 Å². The SMILES string of the molecule is CCCNC(=O)C1=C(C)CS[C@H]2[C@@H](NC(=O)c3nn(C)cc3[N+](=O)[O-])C(=O)N12. The molecule has 12 heteroatoms. The van der Waals surface area contributed by atoms with Gasteiger partial charge in [0.1, 0.15) is 23.3 Å². The molecule has 0 radical (unpaired) electrons. The quantitative estimate of drug-likeness (QED) is 0.388. The van der Waals surface area contributed by atoms with E-state index in [1.54, 1.807) is 6.92 Å². The van der Waals surface area contributed by atoms with Gasteiger partial charge in [-0.2, -0.15) is 5.10 Å². The summed E-state index contributed by atoms with van der Waals surface area (Å²) >= 11 is 1.42. The van der Waals surface area contributed by atoms with E-state index in [4.69, 9.17) is 0 Å². The number of carbonyl (C=O) groups excluding carboxylic acids is 3. The lowest BCUT2D eigenvalue weighted by molar-refractivity contribution is -0.385. The van der Waals surface area contributed by atoms with Crippen LogP contribution in [0.15, 0.2) is 17.5 Å². The molecule has 0 unspecified atom stereocenters. The summed E-state index contributed by atoms with van der Waals surface area (Å²) in [5.41, 5.74) is 0.312. The largest absolute Gasteiger partial charge is 0.351 e. The summed E-state index contributed by atoms with van der Waals surface area (Å²) in [5, 5.41) is 19.8. The average Bonchev–Trinajstić information content (AvgIpc) is 3.06. The third-order valence-electron chi connectivity index (χ3n) is 4.42. The van der Waals surface area contributed by atoms with Gasteiger partial charge in [0.05, 0.1) is 4.92 Å². The van der Waals surface area contributed by atoms with E-state index in [-0.39, 0.29) is 11.6 Å². The summed E-state index contributed by atoms with van der Waals surface area (Å²) in [6.07, 6.45) is 1.90. The Bertz CT molecular complexity index is 894. The van der Waals surface area contributed by atoms with Crippen LogP contribution in [0.2, 0.25) is 0 Å². The highest BCUT2D eigenvalue weighted by Crippen LogP contribution is 2.40. The molecular formula is C16H20N6O5S. The second kappa shape index (κ2) is 7.62. The molecule has 0 bridgehead atoms.